The molecule has 0 bridgehead atoms. The molecule has 2 unspecified atom stereocenters. The molecule has 0 aromatic carbocycles. The lowest BCUT2D eigenvalue weighted by atomic mass is 9.89. The van der Waals surface area contributed by atoms with E-state index in [1.54, 1.807) is 0 Å². The highest BCUT2D eigenvalue weighted by Crippen LogP contribution is 2.39. The maximum atomic E-state index is 11.6. The Kier molecular flexibility index (Phi) is 3.36. The van der Waals surface area contributed by atoms with Gasteiger partial charge in [0.15, 0.2) is 0 Å². The van der Waals surface area contributed by atoms with Crippen molar-refractivity contribution < 1.29 is 14.6 Å². The molecule has 4 heteroatoms. The minimum atomic E-state index is -0.640. The zero-order chi connectivity index (χ0) is 11.7. The highest BCUT2D eigenvalue weighted by Gasteiger charge is 2.40. The van der Waals surface area contributed by atoms with Gasteiger partial charge in [-0.25, -0.2) is 4.79 Å². The SMILES string of the molecule is CCCC=C1OC(=O)C2=C1CCC(O)C2Cl. The van der Waals surface area contributed by atoms with E-state index < -0.39 is 17.5 Å². The van der Waals surface area contributed by atoms with Crippen LogP contribution < -0.4 is 0 Å². The Labute approximate surface area is 99.7 Å². The third-order valence-corrected chi connectivity index (χ3v) is 3.48. The molecule has 3 nitrogen and oxygen atoms in total. The molecule has 0 amide bonds. The van der Waals surface area contributed by atoms with Crippen LogP contribution in [-0.2, 0) is 9.53 Å². The zero-order valence-electron chi connectivity index (χ0n) is 9.20. The molecule has 2 atom stereocenters. The molecule has 0 aromatic rings. The molecule has 2 aliphatic rings. The number of halogens is 1. The van der Waals surface area contributed by atoms with Gasteiger partial charge in [-0.15, -0.1) is 11.6 Å². The van der Waals surface area contributed by atoms with Crippen LogP contribution in [0.1, 0.15) is 32.6 Å². The number of carbonyl (C=O) groups excluding carboxylic acids is 1. The number of carbonyl (C=O) groups is 1. The molecule has 1 aliphatic heterocycles. The summed E-state index contributed by atoms with van der Waals surface area (Å²) in [6.45, 7) is 2.07. The standard InChI is InChI=1S/C12H15ClO3/c1-2-3-4-9-7-5-6-8(14)11(13)10(7)12(15)16-9/h4,8,11,14H,2-3,5-6H2,1H3. The Morgan fingerprint density at radius 2 is 2.38 bits per heavy atom. The molecule has 0 saturated heterocycles. The van der Waals surface area contributed by atoms with Crippen molar-refractivity contribution in [3.8, 4) is 0 Å². The molecule has 1 N–H and O–H groups in total. The van der Waals surface area contributed by atoms with Crippen LogP contribution >= 0.6 is 11.6 Å². The van der Waals surface area contributed by atoms with Gasteiger partial charge in [-0.05, 0) is 25.3 Å². The summed E-state index contributed by atoms with van der Waals surface area (Å²) in [5.41, 5.74) is 1.35. The lowest BCUT2D eigenvalue weighted by molar-refractivity contribution is -0.133. The summed E-state index contributed by atoms with van der Waals surface area (Å²) in [4.78, 5) is 11.6. The van der Waals surface area contributed by atoms with Gasteiger partial charge >= 0.3 is 5.97 Å². The molecule has 0 saturated carbocycles. The number of esters is 1. The number of aliphatic hydroxyl groups is 1. The molecular formula is C12H15ClO3. The summed E-state index contributed by atoms with van der Waals surface area (Å²) in [6.07, 6.45) is 4.44. The number of cyclic esters (lactones) is 1. The van der Waals surface area contributed by atoms with E-state index in [4.69, 9.17) is 16.3 Å². The van der Waals surface area contributed by atoms with Crippen LogP contribution in [0.2, 0.25) is 0 Å². The number of alkyl halides is 1. The first-order valence-electron chi connectivity index (χ1n) is 5.63. The summed E-state index contributed by atoms with van der Waals surface area (Å²) >= 11 is 6.03. The van der Waals surface area contributed by atoms with E-state index >= 15 is 0 Å². The molecular weight excluding hydrogens is 228 g/mol. The summed E-state index contributed by atoms with van der Waals surface area (Å²) < 4.78 is 5.18. The average molecular weight is 243 g/mol. The Morgan fingerprint density at radius 1 is 1.62 bits per heavy atom. The molecule has 1 heterocycles. The summed E-state index contributed by atoms with van der Waals surface area (Å²) in [5, 5.41) is 8.99. The molecule has 88 valence electrons. The molecule has 16 heavy (non-hydrogen) atoms. The second-order valence-corrected chi connectivity index (χ2v) is 4.62. The van der Waals surface area contributed by atoms with Crippen molar-refractivity contribution in [3.05, 3.63) is 23.0 Å². The van der Waals surface area contributed by atoms with E-state index in [9.17, 15) is 9.90 Å². The van der Waals surface area contributed by atoms with Crippen LogP contribution in [0.4, 0.5) is 0 Å². The van der Waals surface area contributed by atoms with Crippen molar-refractivity contribution in [2.75, 3.05) is 0 Å². The van der Waals surface area contributed by atoms with Gasteiger partial charge in [0.2, 0.25) is 0 Å². The summed E-state index contributed by atoms with van der Waals surface area (Å²) in [6, 6.07) is 0. The van der Waals surface area contributed by atoms with Crippen LogP contribution in [0, 0.1) is 0 Å². The Bertz CT molecular complexity index is 370. The van der Waals surface area contributed by atoms with E-state index in [-0.39, 0.29) is 0 Å². The lowest BCUT2D eigenvalue weighted by Crippen LogP contribution is -2.29. The summed E-state index contributed by atoms with van der Waals surface area (Å²) in [7, 11) is 0. The van der Waals surface area contributed by atoms with Gasteiger partial charge in [0.1, 0.15) is 5.76 Å². The minimum absolute atomic E-state index is 0.392. The lowest BCUT2D eigenvalue weighted by Gasteiger charge is -2.22. The minimum Gasteiger partial charge on any atom is -0.423 e. The predicted molar refractivity (Wildman–Crippen MR) is 61.0 cm³/mol. The average Bonchev–Trinajstić information content (AvgIpc) is 2.58. The van der Waals surface area contributed by atoms with E-state index in [0.29, 0.717) is 24.2 Å². The number of ether oxygens (including phenoxy) is 1. The van der Waals surface area contributed by atoms with Crippen LogP contribution in [-0.4, -0.2) is 22.6 Å². The topological polar surface area (TPSA) is 46.5 Å². The summed E-state index contributed by atoms with van der Waals surface area (Å²) in [5.74, 6) is 0.260. The predicted octanol–water partition coefficient (Wildman–Crippen LogP) is 2.29. The Balaban J connectivity index is 2.31. The molecule has 2 rings (SSSR count). The second-order valence-electron chi connectivity index (χ2n) is 4.15. The first-order chi connectivity index (χ1) is 7.65. The van der Waals surface area contributed by atoms with Crippen molar-refractivity contribution >= 4 is 17.6 Å². The number of aliphatic hydroxyl groups excluding tert-OH is 1. The van der Waals surface area contributed by atoms with Crippen LogP contribution in [0.3, 0.4) is 0 Å². The van der Waals surface area contributed by atoms with Gasteiger partial charge in [-0.2, -0.15) is 0 Å². The van der Waals surface area contributed by atoms with Crippen molar-refractivity contribution in [2.45, 2.75) is 44.1 Å². The molecule has 0 spiro atoms. The first kappa shape index (κ1) is 11.7. The van der Waals surface area contributed by atoms with E-state index in [0.717, 1.165) is 18.4 Å². The van der Waals surface area contributed by atoms with Gasteiger partial charge in [0.25, 0.3) is 0 Å². The zero-order valence-corrected chi connectivity index (χ0v) is 9.96. The fraction of sp³-hybridized carbons (Fsp3) is 0.583. The maximum Gasteiger partial charge on any atom is 0.341 e. The third kappa shape index (κ3) is 1.89. The van der Waals surface area contributed by atoms with Gasteiger partial charge in [-0.3, -0.25) is 0 Å². The van der Waals surface area contributed by atoms with Crippen LogP contribution in [0.5, 0.6) is 0 Å². The van der Waals surface area contributed by atoms with Crippen molar-refractivity contribution in [2.24, 2.45) is 0 Å². The van der Waals surface area contributed by atoms with E-state index in [1.807, 2.05) is 6.08 Å². The molecule has 1 aliphatic carbocycles. The number of hydrogen-bond acceptors (Lipinski definition) is 3. The first-order valence-corrected chi connectivity index (χ1v) is 6.06. The van der Waals surface area contributed by atoms with E-state index in [2.05, 4.69) is 6.92 Å². The van der Waals surface area contributed by atoms with Crippen LogP contribution in [0.15, 0.2) is 23.0 Å². The maximum absolute atomic E-state index is 11.6. The normalized spacial score (nSPS) is 31.9. The van der Waals surface area contributed by atoms with Crippen LogP contribution in [0.25, 0.3) is 0 Å². The second kappa shape index (κ2) is 4.60. The number of unbranched alkanes of at least 4 members (excludes halogenated alkanes) is 1. The Morgan fingerprint density at radius 3 is 3.06 bits per heavy atom. The van der Waals surface area contributed by atoms with Gasteiger partial charge in [0.05, 0.1) is 17.1 Å². The highest BCUT2D eigenvalue weighted by atomic mass is 35.5. The highest BCUT2D eigenvalue weighted by molar-refractivity contribution is 6.26. The van der Waals surface area contributed by atoms with Gasteiger partial charge in [-0.1, -0.05) is 13.3 Å². The number of allylic oxidation sites excluding steroid dienone is 2. The van der Waals surface area contributed by atoms with Gasteiger partial charge in [0, 0.05) is 5.57 Å². The van der Waals surface area contributed by atoms with Crippen molar-refractivity contribution in [1.82, 2.24) is 0 Å². The number of rotatable bonds is 2. The number of hydrogen-bond donors (Lipinski definition) is 1. The fourth-order valence-corrected chi connectivity index (χ4v) is 2.43. The monoisotopic (exact) mass is 242 g/mol. The van der Waals surface area contributed by atoms with E-state index in [1.165, 1.54) is 0 Å². The molecule has 0 aromatic heterocycles. The molecule has 0 fully saturated rings. The fourth-order valence-electron chi connectivity index (χ4n) is 2.08. The quantitative estimate of drug-likeness (QED) is 0.597. The largest absolute Gasteiger partial charge is 0.423 e. The van der Waals surface area contributed by atoms with Crippen molar-refractivity contribution in [3.63, 3.8) is 0 Å². The van der Waals surface area contributed by atoms with Gasteiger partial charge < -0.3 is 9.84 Å². The third-order valence-electron chi connectivity index (χ3n) is 2.97. The Hall–Kier alpha value is -0.800. The van der Waals surface area contributed by atoms with Crippen molar-refractivity contribution in [1.29, 1.82) is 0 Å². The molecule has 0 radical (unpaired) electrons. The smallest absolute Gasteiger partial charge is 0.341 e.